The molecule has 0 aliphatic heterocycles. The summed E-state index contributed by atoms with van der Waals surface area (Å²) in [6.07, 6.45) is 3.16. The summed E-state index contributed by atoms with van der Waals surface area (Å²) in [5, 5.41) is 16.7. The molecule has 4 aromatic rings. The zero-order chi connectivity index (χ0) is 35.5. The maximum Gasteiger partial charge on any atom is 0.411 e. The van der Waals surface area contributed by atoms with Crippen LogP contribution in [0, 0.1) is 11.5 Å². The first-order valence-corrected chi connectivity index (χ1v) is 21.5. The summed E-state index contributed by atoms with van der Waals surface area (Å²) in [4.78, 5) is 24.6. The lowest BCUT2D eigenvalue weighted by molar-refractivity contribution is 0.155. The molecule has 0 atom stereocenters. The quantitative estimate of drug-likeness (QED) is 0.0589. The highest BCUT2D eigenvalue weighted by atomic mass is 28.4. The van der Waals surface area contributed by atoms with Crippen molar-refractivity contribution in [3.63, 3.8) is 0 Å². The molecule has 0 aliphatic carbocycles. The maximum absolute atomic E-state index is 12.6. The maximum atomic E-state index is 12.6. The summed E-state index contributed by atoms with van der Waals surface area (Å²) in [6.45, 7) is 13.5. The summed E-state index contributed by atoms with van der Waals surface area (Å²) in [5.74, 6) is 3.20. The molecule has 0 unspecified atom stereocenters. The van der Waals surface area contributed by atoms with Crippen LogP contribution < -0.4 is 26.5 Å². The van der Waals surface area contributed by atoms with E-state index in [1.54, 1.807) is 29.7 Å². The highest BCUT2D eigenvalue weighted by Gasteiger charge is 2.49. The number of carbonyl (C=O) groups excluding carboxylic acids is 2. The van der Waals surface area contributed by atoms with Gasteiger partial charge in [-0.2, -0.15) is 0 Å². The standard InChI is InChI=1S/C39H45N3O5Si2/c1-39(2,3)49(34-15-9-7-10-16-34,35-17-11-8-12-18-35)47-26-13-14-32-28-31(21-24-36(32)41-37(43)42-45)29-46-38(44)40-33-22-19-30(20-23-33)25-27-48(4,5)6/h7-24,28,45H,26,29H2,1-6H3,(H,40,44)(H2,41,42,43)/b14-13+. The number of anilines is 2. The molecule has 4 aromatic carbocycles. The van der Waals surface area contributed by atoms with Crippen LogP contribution in [0.1, 0.15) is 37.5 Å². The number of hydrogen-bond donors (Lipinski definition) is 4. The summed E-state index contributed by atoms with van der Waals surface area (Å²) in [5.41, 5.74) is 8.22. The van der Waals surface area contributed by atoms with E-state index in [1.165, 1.54) is 10.4 Å². The number of ether oxygens (including phenoxy) is 1. The summed E-state index contributed by atoms with van der Waals surface area (Å²) >= 11 is 0. The van der Waals surface area contributed by atoms with E-state index in [2.05, 4.69) is 86.8 Å². The smallest absolute Gasteiger partial charge is 0.411 e. The highest BCUT2D eigenvalue weighted by Crippen LogP contribution is 2.36. The van der Waals surface area contributed by atoms with Crippen molar-refractivity contribution < 1.29 is 24.0 Å². The van der Waals surface area contributed by atoms with Crippen LogP contribution in [-0.4, -0.2) is 40.3 Å². The fourth-order valence-electron chi connectivity index (χ4n) is 5.41. The Hall–Kier alpha value is -4.93. The molecule has 3 amide bonds. The van der Waals surface area contributed by atoms with Gasteiger partial charge in [0.1, 0.15) is 14.7 Å². The van der Waals surface area contributed by atoms with Gasteiger partial charge in [0.25, 0.3) is 8.32 Å². The van der Waals surface area contributed by atoms with Crippen LogP contribution in [-0.2, 0) is 15.8 Å². The van der Waals surface area contributed by atoms with E-state index < -0.39 is 28.5 Å². The predicted molar refractivity (Wildman–Crippen MR) is 203 cm³/mol. The Bertz CT molecular complexity index is 1770. The monoisotopic (exact) mass is 691 g/mol. The second-order valence-corrected chi connectivity index (χ2v) is 22.7. The van der Waals surface area contributed by atoms with Gasteiger partial charge in [-0.05, 0) is 62.9 Å². The van der Waals surface area contributed by atoms with Gasteiger partial charge in [-0.25, -0.2) is 15.1 Å². The Kier molecular flexibility index (Phi) is 12.4. The second-order valence-electron chi connectivity index (χ2n) is 13.6. The molecule has 8 nitrogen and oxygen atoms in total. The zero-order valence-electron chi connectivity index (χ0n) is 29.0. The Morgan fingerprint density at radius 3 is 2.00 bits per heavy atom. The first-order valence-electron chi connectivity index (χ1n) is 16.1. The van der Waals surface area contributed by atoms with Gasteiger partial charge in [0.15, 0.2) is 0 Å². The summed E-state index contributed by atoms with van der Waals surface area (Å²) in [6, 6.07) is 32.5. The molecule has 4 N–H and O–H groups in total. The van der Waals surface area contributed by atoms with Crippen molar-refractivity contribution in [3.8, 4) is 11.5 Å². The Morgan fingerprint density at radius 2 is 1.45 bits per heavy atom. The molecule has 4 rings (SSSR count). The normalized spacial score (nSPS) is 11.7. The minimum absolute atomic E-state index is 0.00250. The van der Waals surface area contributed by atoms with E-state index in [-0.39, 0.29) is 11.6 Å². The molecule has 0 saturated carbocycles. The number of rotatable bonds is 10. The lowest BCUT2D eigenvalue weighted by Gasteiger charge is -2.42. The van der Waals surface area contributed by atoms with Crippen LogP contribution >= 0.6 is 0 Å². The van der Waals surface area contributed by atoms with Crippen LogP contribution in [0.2, 0.25) is 24.7 Å². The molecule has 0 aromatic heterocycles. The molecule has 49 heavy (non-hydrogen) atoms. The highest BCUT2D eigenvalue weighted by molar-refractivity contribution is 6.99. The van der Waals surface area contributed by atoms with Crippen LogP contribution in [0.15, 0.2) is 109 Å². The minimum atomic E-state index is -2.75. The van der Waals surface area contributed by atoms with E-state index in [4.69, 9.17) is 14.4 Å². The molecule has 0 aliphatic rings. The van der Waals surface area contributed by atoms with Gasteiger partial charge in [0, 0.05) is 16.9 Å². The number of carbonyl (C=O) groups is 2. The van der Waals surface area contributed by atoms with Crippen molar-refractivity contribution in [2.45, 2.75) is 52.1 Å². The van der Waals surface area contributed by atoms with Gasteiger partial charge in [0.2, 0.25) is 0 Å². The van der Waals surface area contributed by atoms with Crippen LogP contribution in [0.5, 0.6) is 0 Å². The van der Waals surface area contributed by atoms with Crippen molar-refractivity contribution in [3.05, 3.63) is 126 Å². The second kappa shape index (κ2) is 16.5. The first-order chi connectivity index (χ1) is 23.3. The Morgan fingerprint density at radius 1 is 0.837 bits per heavy atom. The third-order valence-electron chi connectivity index (χ3n) is 7.66. The molecule has 0 heterocycles. The van der Waals surface area contributed by atoms with Crippen molar-refractivity contribution >= 4 is 56.3 Å². The Labute approximate surface area is 291 Å². The number of hydrogen-bond acceptors (Lipinski definition) is 5. The molecule has 0 saturated heterocycles. The summed E-state index contributed by atoms with van der Waals surface area (Å²) in [7, 11) is -4.24. The fourth-order valence-corrected chi connectivity index (χ4v) is 10.4. The molecule has 0 radical (unpaired) electrons. The van der Waals surface area contributed by atoms with Gasteiger partial charge < -0.3 is 14.5 Å². The van der Waals surface area contributed by atoms with Gasteiger partial charge in [-0.3, -0.25) is 10.5 Å². The van der Waals surface area contributed by atoms with Gasteiger partial charge in [-0.1, -0.05) is 125 Å². The molecular formula is C39H45N3O5Si2. The predicted octanol–water partition coefficient (Wildman–Crippen LogP) is 7.76. The molecule has 0 fully saturated rings. The van der Waals surface area contributed by atoms with Crippen LogP contribution in [0.25, 0.3) is 6.08 Å². The average Bonchev–Trinajstić information content (AvgIpc) is 3.07. The third-order valence-corrected chi connectivity index (χ3v) is 13.5. The Balaban J connectivity index is 1.50. The van der Waals surface area contributed by atoms with E-state index in [9.17, 15) is 9.59 Å². The third kappa shape index (κ3) is 10.3. The molecular weight excluding hydrogens is 647 g/mol. The van der Waals surface area contributed by atoms with Crippen molar-refractivity contribution in [1.29, 1.82) is 0 Å². The minimum Gasteiger partial charge on any atom is -0.444 e. The molecule has 10 heteroatoms. The van der Waals surface area contributed by atoms with Crippen molar-refractivity contribution in [1.82, 2.24) is 5.48 Å². The molecule has 0 bridgehead atoms. The molecule has 0 spiro atoms. The van der Waals surface area contributed by atoms with Gasteiger partial charge in [-0.15, -0.1) is 5.54 Å². The van der Waals surface area contributed by atoms with Crippen LogP contribution in [0.4, 0.5) is 21.0 Å². The fraction of sp³-hybridized carbons (Fsp3) is 0.231. The van der Waals surface area contributed by atoms with E-state index in [0.717, 1.165) is 5.56 Å². The largest absolute Gasteiger partial charge is 0.444 e. The number of hydroxylamine groups is 1. The number of benzene rings is 4. The molecule has 254 valence electrons. The first kappa shape index (κ1) is 36.9. The van der Waals surface area contributed by atoms with E-state index in [0.29, 0.717) is 29.1 Å². The number of urea groups is 1. The average molecular weight is 692 g/mol. The van der Waals surface area contributed by atoms with E-state index in [1.807, 2.05) is 66.7 Å². The van der Waals surface area contributed by atoms with Crippen molar-refractivity contribution in [2.24, 2.45) is 0 Å². The zero-order valence-corrected chi connectivity index (χ0v) is 31.0. The summed E-state index contributed by atoms with van der Waals surface area (Å²) < 4.78 is 12.5. The lowest BCUT2D eigenvalue weighted by Crippen LogP contribution is -2.66. The number of amides is 3. The number of nitrogens with one attached hydrogen (secondary N) is 3. The van der Waals surface area contributed by atoms with Gasteiger partial charge in [0.05, 0.1) is 6.61 Å². The van der Waals surface area contributed by atoms with E-state index >= 15 is 0 Å². The van der Waals surface area contributed by atoms with Gasteiger partial charge >= 0.3 is 12.1 Å². The topological polar surface area (TPSA) is 109 Å². The SMILES string of the molecule is CC(C)(C)[Si](OC/C=C/c1cc(COC(=O)Nc2ccc(C#C[Si](C)(C)C)cc2)ccc1NC(=O)NO)(c1ccccc1)c1ccccc1. The lowest BCUT2D eigenvalue weighted by atomic mass is 10.1. The van der Waals surface area contributed by atoms with Crippen LogP contribution in [0.3, 0.4) is 0 Å². The van der Waals surface area contributed by atoms with Crippen molar-refractivity contribution in [2.75, 3.05) is 17.2 Å².